The minimum Gasteiger partial charge on any atom is -0.347 e. The summed E-state index contributed by atoms with van der Waals surface area (Å²) in [5.74, 6) is 0.874. The number of hydrogen-bond donors (Lipinski definition) is 3. The third kappa shape index (κ3) is 4.99. The normalized spacial score (nSPS) is 12.7. The van der Waals surface area contributed by atoms with Crippen LogP contribution in [0.25, 0.3) is 0 Å². The predicted octanol–water partition coefficient (Wildman–Crippen LogP) is 1.37. The predicted molar refractivity (Wildman–Crippen MR) is 67.5 cm³/mol. The first-order chi connectivity index (χ1) is 8.13. The number of hydrogen-bond acceptors (Lipinski definition) is 3. The zero-order valence-corrected chi connectivity index (χ0v) is 10.8. The third-order valence-corrected chi connectivity index (χ3v) is 2.50. The highest BCUT2D eigenvalue weighted by Crippen LogP contribution is 2.10. The van der Waals surface area contributed by atoms with E-state index in [0.29, 0.717) is 19.0 Å². The summed E-state index contributed by atoms with van der Waals surface area (Å²) in [6, 6.07) is 0.395. The van der Waals surface area contributed by atoms with Crippen LogP contribution in [0, 0.1) is 0 Å². The Morgan fingerprint density at radius 2 is 2.29 bits per heavy atom. The molecule has 3 N–H and O–H groups in total. The van der Waals surface area contributed by atoms with Crippen molar-refractivity contribution in [2.75, 3.05) is 6.54 Å². The number of aromatic nitrogens is 2. The summed E-state index contributed by atoms with van der Waals surface area (Å²) in [5.41, 5.74) is 0. The van der Waals surface area contributed by atoms with Crippen LogP contribution in [0.3, 0.4) is 0 Å². The van der Waals surface area contributed by atoms with Crippen molar-refractivity contribution < 1.29 is 4.79 Å². The maximum Gasteiger partial charge on any atom is 0.221 e. The van der Waals surface area contributed by atoms with Gasteiger partial charge in [-0.2, -0.15) is 0 Å². The molecule has 1 unspecified atom stereocenters. The van der Waals surface area contributed by atoms with Crippen LogP contribution in [0.4, 0.5) is 0 Å². The van der Waals surface area contributed by atoms with E-state index in [1.165, 1.54) is 0 Å². The van der Waals surface area contributed by atoms with Crippen molar-refractivity contribution in [3.63, 3.8) is 0 Å². The lowest BCUT2D eigenvalue weighted by molar-refractivity contribution is -0.121. The Balaban J connectivity index is 2.33. The topological polar surface area (TPSA) is 69.8 Å². The Morgan fingerprint density at radius 3 is 2.82 bits per heavy atom. The van der Waals surface area contributed by atoms with Crippen molar-refractivity contribution >= 4 is 5.91 Å². The van der Waals surface area contributed by atoms with E-state index in [2.05, 4.69) is 34.4 Å². The Bertz CT molecular complexity index is 321. The summed E-state index contributed by atoms with van der Waals surface area (Å²) in [6.07, 6.45) is 4.79. The SMILES string of the molecule is CCC(NC(=O)CCNC(C)C)c1ncc[nH]1. The van der Waals surface area contributed by atoms with Crippen LogP contribution in [0.2, 0.25) is 0 Å². The molecule has 0 fully saturated rings. The molecule has 0 saturated carbocycles. The number of nitrogens with zero attached hydrogens (tertiary/aromatic N) is 1. The molecule has 0 bridgehead atoms. The molecular formula is C12H22N4O. The number of carbonyl (C=O) groups is 1. The largest absolute Gasteiger partial charge is 0.347 e. The number of H-pyrrole nitrogens is 1. The molecule has 0 radical (unpaired) electrons. The van der Waals surface area contributed by atoms with Crippen molar-refractivity contribution in [1.82, 2.24) is 20.6 Å². The van der Waals surface area contributed by atoms with E-state index in [-0.39, 0.29) is 11.9 Å². The minimum absolute atomic E-state index is 0.0171. The number of imidazole rings is 1. The molecule has 96 valence electrons. The number of rotatable bonds is 7. The molecule has 0 aliphatic carbocycles. The molecular weight excluding hydrogens is 216 g/mol. The van der Waals surface area contributed by atoms with E-state index < -0.39 is 0 Å². The van der Waals surface area contributed by atoms with E-state index in [9.17, 15) is 4.79 Å². The lowest BCUT2D eigenvalue weighted by Crippen LogP contribution is -2.33. The summed E-state index contributed by atoms with van der Waals surface area (Å²) in [7, 11) is 0. The summed E-state index contributed by atoms with van der Waals surface area (Å²) >= 11 is 0. The van der Waals surface area contributed by atoms with Gasteiger partial charge in [-0.15, -0.1) is 0 Å². The van der Waals surface area contributed by atoms with Gasteiger partial charge in [0.05, 0.1) is 6.04 Å². The Labute approximate surface area is 102 Å². The van der Waals surface area contributed by atoms with Crippen molar-refractivity contribution in [2.24, 2.45) is 0 Å². The van der Waals surface area contributed by atoms with E-state index >= 15 is 0 Å². The molecule has 0 aromatic carbocycles. The van der Waals surface area contributed by atoms with Gasteiger partial charge in [0.1, 0.15) is 5.82 Å². The highest BCUT2D eigenvalue weighted by Gasteiger charge is 2.14. The van der Waals surface area contributed by atoms with Gasteiger partial charge in [-0.25, -0.2) is 4.98 Å². The Morgan fingerprint density at radius 1 is 1.53 bits per heavy atom. The van der Waals surface area contributed by atoms with E-state index in [1.54, 1.807) is 12.4 Å². The number of nitrogens with one attached hydrogen (secondary N) is 3. The number of aromatic amines is 1. The molecule has 1 rings (SSSR count). The fourth-order valence-electron chi connectivity index (χ4n) is 1.57. The van der Waals surface area contributed by atoms with Crippen LogP contribution >= 0.6 is 0 Å². The Hall–Kier alpha value is -1.36. The van der Waals surface area contributed by atoms with E-state index in [1.807, 2.05) is 6.92 Å². The molecule has 0 saturated heterocycles. The van der Waals surface area contributed by atoms with E-state index in [4.69, 9.17) is 0 Å². The average Bonchev–Trinajstić information content (AvgIpc) is 2.78. The van der Waals surface area contributed by atoms with E-state index in [0.717, 1.165) is 12.2 Å². The summed E-state index contributed by atoms with van der Waals surface area (Å²) in [5, 5.41) is 6.19. The molecule has 5 nitrogen and oxygen atoms in total. The van der Waals surface area contributed by atoms with Gasteiger partial charge in [0, 0.05) is 31.4 Å². The van der Waals surface area contributed by atoms with Crippen molar-refractivity contribution in [3.8, 4) is 0 Å². The first-order valence-corrected chi connectivity index (χ1v) is 6.15. The average molecular weight is 238 g/mol. The Kier molecular flexibility index (Phi) is 5.69. The maximum absolute atomic E-state index is 11.7. The molecule has 1 aromatic heterocycles. The lowest BCUT2D eigenvalue weighted by Gasteiger charge is -2.15. The number of amides is 1. The maximum atomic E-state index is 11.7. The standard InChI is InChI=1S/C12H22N4O/c1-4-10(12-14-7-8-15-12)16-11(17)5-6-13-9(2)3/h7-10,13H,4-6H2,1-3H3,(H,14,15)(H,16,17). The van der Waals surface area contributed by atoms with Gasteiger partial charge >= 0.3 is 0 Å². The number of carbonyl (C=O) groups excluding carboxylic acids is 1. The molecule has 1 amide bonds. The highest BCUT2D eigenvalue weighted by atomic mass is 16.1. The van der Waals surface area contributed by atoms with Crippen LogP contribution in [0.15, 0.2) is 12.4 Å². The van der Waals surface area contributed by atoms with Crippen molar-refractivity contribution in [2.45, 2.75) is 45.7 Å². The minimum atomic E-state index is -0.0171. The monoisotopic (exact) mass is 238 g/mol. The zero-order valence-electron chi connectivity index (χ0n) is 10.8. The molecule has 1 aromatic rings. The van der Waals surface area contributed by atoms with Crippen LogP contribution in [-0.2, 0) is 4.79 Å². The van der Waals surface area contributed by atoms with Crippen LogP contribution in [0.5, 0.6) is 0 Å². The van der Waals surface area contributed by atoms with Crippen LogP contribution < -0.4 is 10.6 Å². The third-order valence-electron chi connectivity index (χ3n) is 2.50. The summed E-state index contributed by atoms with van der Waals surface area (Å²) < 4.78 is 0. The van der Waals surface area contributed by atoms with Gasteiger partial charge in [0.25, 0.3) is 0 Å². The van der Waals surface area contributed by atoms with Crippen molar-refractivity contribution in [3.05, 3.63) is 18.2 Å². The van der Waals surface area contributed by atoms with Crippen LogP contribution in [0.1, 0.15) is 45.5 Å². The second kappa shape index (κ2) is 7.06. The second-order valence-corrected chi connectivity index (χ2v) is 4.36. The van der Waals surface area contributed by atoms with Gasteiger partial charge in [0.15, 0.2) is 0 Å². The summed E-state index contributed by atoms with van der Waals surface area (Å²) in [6.45, 7) is 6.86. The van der Waals surface area contributed by atoms with Crippen molar-refractivity contribution in [1.29, 1.82) is 0 Å². The van der Waals surface area contributed by atoms with Gasteiger partial charge in [0.2, 0.25) is 5.91 Å². The fraction of sp³-hybridized carbons (Fsp3) is 0.667. The lowest BCUT2D eigenvalue weighted by atomic mass is 10.2. The molecule has 0 spiro atoms. The molecule has 1 heterocycles. The van der Waals surface area contributed by atoms with Gasteiger partial charge in [-0.05, 0) is 6.42 Å². The molecule has 1 atom stereocenters. The molecule has 0 aliphatic heterocycles. The quantitative estimate of drug-likeness (QED) is 0.672. The van der Waals surface area contributed by atoms with Crippen LogP contribution in [-0.4, -0.2) is 28.5 Å². The summed E-state index contributed by atoms with van der Waals surface area (Å²) in [4.78, 5) is 18.9. The van der Waals surface area contributed by atoms with Gasteiger partial charge < -0.3 is 15.6 Å². The first kappa shape index (κ1) is 13.7. The molecule has 5 heteroatoms. The van der Waals surface area contributed by atoms with Gasteiger partial charge in [-0.3, -0.25) is 4.79 Å². The molecule has 0 aliphatic rings. The second-order valence-electron chi connectivity index (χ2n) is 4.36. The van der Waals surface area contributed by atoms with Gasteiger partial charge in [-0.1, -0.05) is 20.8 Å². The first-order valence-electron chi connectivity index (χ1n) is 6.15. The highest BCUT2D eigenvalue weighted by molar-refractivity contribution is 5.76. The molecule has 17 heavy (non-hydrogen) atoms. The fourth-order valence-corrected chi connectivity index (χ4v) is 1.57. The smallest absolute Gasteiger partial charge is 0.221 e. The zero-order chi connectivity index (χ0) is 12.7.